The maximum atomic E-state index is 10.8. The number of allylic oxidation sites excluding steroid dienone is 3. The molecule has 0 N–H and O–H groups in total. The molecule has 1 aliphatic rings. The van der Waals surface area contributed by atoms with Gasteiger partial charge in [-0.05, 0) is 37.1 Å². The lowest BCUT2D eigenvalue weighted by Gasteiger charge is -2.26. The van der Waals surface area contributed by atoms with E-state index in [-0.39, 0.29) is 5.70 Å². The Kier molecular flexibility index (Phi) is 8.05. The van der Waals surface area contributed by atoms with Gasteiger partial charge >= 0.3 is 0 Å². The minimum Gasteiger partial charge on any atom is -0.493 e. The summed E-state index contributed by atoms with van der Waals surface area (Å²) in [6.07, 6.45) is 3.89. The topological polar surface area (TPSA) is 64.8 Å². The molecule has 1 aromatic rings. The molecule has 6 nitrogen and oxygen atoms in total. The maximum absolute atomic E-state index is 10.8. The Bertz CT molecular complexity index is 662. The zero-order valence-electron chi connectivity index (χ0n) is 15.2. The predicted octanol–water partition coefficient (Wildman–Crippen LogP) is 3.50. The first kappa shape index (κ1) is 19.9. The van der Waals surface area contributed by atoms with Gasteiger partial charge in [0.05, 0.1) is 24.7 Å². The fourth-order valence-corrected chi connectivity index (χ4v) is 2.64. The van der Waals surface area contributed by atoms with Crippen molar-refractivity contribution in [2.75, 3.05) is 39.5 Å². The van der Waals surface area contributed by atoms with Crippen LogP contribution >= 0.6 is 0 Å². The highest BCUT2D eigenvalue weighted by molar-refractivity contribution is 5.67. The van der Waals surface area contributed by atoms with Crippen molar-refractivity contribution in [3.05, 3.63) is 76.2 Å². The molecular formula is C20H26N2O4. The Labute approximate surface area is 154 Å². The molecule has 0 aliphatic carbocycles. The molecule has 0 atom stereocenters. The third-order valence-corrected chi connectivity index (χ3v) is 4.22. The number of ether oxygens (including phenoxy) is 2. The first-order valence-electron chi connectivity index (χ1n) is 8.78. The molecule has 2 rings (SSSR count). The number of morpholine rings is 1. The van der Waals surface area contributed by atoms with Crippen LogP contribution < -0.4 is 0 Å². The maximum Gasteiger partial charge on any atom is 0.262 e. The fraction of sp³-hybridized carbons (Fsp3) is 0.400. The van der Waals surface area contributed by atoms with Crippen LogP contribution in [0, 0.1) is 10.1 Å². The average molecular weight is 358 g/mol. The number of hydrogen-bond acceptors (Lipinski definition) is 5. The van der Waals surface area contributed by atoms with E-state index in [1.807, 2.05) is 37.3 Å². The van der Waals surface area contributed by atoms with Crippen molar-refractivity contribution in [1.82, 2.24) is 4.90 Å². The van der Waals surface area contributed by atoms with Gasteiger partial charge in [0.1, 0.15) is 5.76 Å². The van der Waals surface area contributed by atoms with E-state index >= 15 is 0 Å². The molecule has 1 fully saturated rings. The predicted molar refractivity (Wildman–Crippen MR) is 102 cm³/mol. The van der Waals surface area contributed by atoms with Crippen molar-refractivity contribution < 1.29 is 14.4 Å². The smallest absolute Gasteiger partial charge is 0.262 e. The highest BCUT2D eigenvalue weighted by atomic mass is 16.6. The van der Waals surface area contributed by atoms with E-state index in [4.69, 9.17) is 9.47 Å². The van der Waals surface area contributed by atoms with Crippen LogP contribution in [-0.4, -0.2) is 49.3 Å². The van der Waals surface area contributed by atoms with Gasteiger partial charge < -0.3 is 9.47 Å². The van der Waals surface area contributed by atoms with Crippen LogP contribution in [0.2, 0.25) is 0 Å². The highest BCUT2D eigenvalue weighted by Gasteiger charge is 2.10. The Morgan fingerprint density at radius 1 is 1.31 bits per heavy atom. The molecule has 1 aromatic carbocycles. The lowest BCUT2D eigenvalue weighted by Crippen LogP contribution is -2.37. The van der Waals surface area contributed by atoms with Crippen LogP contribution in [0.3, 0.4) is 0 Å². The van der Waals surface area contributed by atoms with Gasteiger partial charge in [-0.2, -0.15) is 0 Å². The minimum absolute atomic E-state index is 0.166. The molecule has 0 spiro atoms. The second-order valence-corrected chi connectivity index (χ2v) is 6.09. The summed E-state index contributed by atoms with van der Waals surface area (Å²) in [7, 11) is 0. The summed E-state index contributed by atoms with van der Waals surface area (Å²) in [5.74, 6) is 0.626. The van der Waals surface area contributed by atoms with Gasteiger partial charge in [0.15, 0.2) is 0 Å². The third-order valence-electron chi connectivity index (χ3n) is 4.22. The van der Waals surface area contributed by atoms with Crippen LogP contribution in [0.15, 0.2) is 60.5 Å². The Morgan fingerprint density at radius 2 is 2.00 bits per heavy atom. The second-order valence-electron chi connectivity index (χ2n) is 6.09. The number of rotatable bonds is 9. The van der Waals surface area contributed by atoms with E-state index in [9.17, 15) is 10.1 Å². The minimum atomic E-state index is -0.510. The number of hydrogen-bond donors (Lipinski definition) is 0. The number of nitro groups is 1. The summed E-state index contributed by atoms with van der Waals surface area (Å²) in [4.78, 5) is 12.6. The summed E-state index contributed by atoms with van der Waals surface area (Å²) in [5, 5.41) is 10.8. The monoisotopic (exact) mass is 358 g/mol. The fourth-order valence-electron chi connectivity index (χ4n) is 2.64. The summed E-state index contributed by atoms with van der Waals surface area (Å²) < 4.78 is 11.3. The standard InChI is InChI=1S/C20H26N2O4/c1-17(22(23)24)9-10-20(18(2)19-7-4-3-5-8-19)26-14-6-11-21-12-15-25-16-13-21/h3-5,7-10H,1,6,11-16H2,2H3/b10-9-,20-18-. The third kappa shape index (κ3) is 6.46. The van der Waals surface area contributed by atoms with Crippen LogP contribution in [0.4, 0.5) is 0 Å². The molecule has 140 valence electrons. The van der Waals surface area contributed by atoms with Gasteiger partial charge in [0.25, 0.3) is 5.70 Å². The van der Waals surface area contributed by atoms with E-state index in [1.54, 1.807) is 6.08 Å². The first-order chi connectivity index (χ1) is 12.6. The van der Waals surface area contributed by atoms with Crippen LogP contribution in [0.25, 0.3) is 5.57 Å². The average Bonchev–Trinajstić information content (AvgIpc) is 2.68. The molecule has 0 aromatic heterocycles. The Morgan fingerprint density at radius 3 is 2.65 bits per heavy atom. The van der Waals surface area contributed by atoms with Crippen molar-refractivity contribution in [3.8, 4) is 0 Å². The number of benzene rings is 1. The Balaban J connectivity index is 2.00. The zero-order chi connectivity index (χ0) is 18.8. The molecule has 26 heavy (non-hydrogen) atoms. The van der Waals surface area contributed by atoms with E-state index < -0.39 is 4.92 Å². The zero-order valence-corrected chi connectivity index (χ0v) is 15.2. The van der Waals surface area contributed by atoms with Crippen molar-refractivity contribution >= 4 is 5.57 Å². The van der Waals surface area contributed by atoms with E-state index in [1.165, 1.54) is 6.08 Å². The molecule has 6 heteroatoms. The van der Waals surface area contributed by atoms with Crippen molar-refractivity contribution in [3.63, 3.8) is 0 Å². The second kappa shape index (κ2) is 10.5. The molecule has 0 amide bonds. The lowest BCUT2D eigenvalue weighted by atomic mass is 10.1. The van der Waals surface area contributed by atoms with Crippen molar-refractivity contribution in [1.29, 1.82) is 0 Å². The largest absolute Gasteiger partial charge is 0.493 e. The van der Waals surface area contributed by atoms with Crippen LogP contribution in [0.5, 0.6) is 0 Å². The quantitative estimate of drug-likeness (QED) is 0.222. The molecule has 0 radical (unpaired) electrons. The van der Waals surface area contributed by atoms with Gasteiger partial charge in [0, 0.05) is 25.7 Å². The molecule has 0 bridgehead atoms. The highest BCUT2D eigenvalue weighted by Crippen LogP contribution is 2.20. The van der Waals surface area contributed by atoms with E-state index in [2.05, 4.69) is 11.5 Å². The SMILES string of the molecule is C=C(/C=C\C(OCCCN1CCOCC1)=C(/C)c1ccccc1)[N+](=O)[O-]. The molecule has 1 saturated heterocycles. The van der Waals surface area contributed by atoms with Gasteiger partial charge in [-0.15, -0.1) is 0 Å². The van der Waals surface area contributed by atoms with Gasteiger partial charge in [0.2, 0.25) is 0 Å². The Hall–Kier alpha value is -2.44. The first-order valence-corrected chi connectivity index (χ1v) is 8.78. The molecule has 1 heterocycles. The van der Waals surface area contributed by atoms with Gasteiger partial charge in [-0.1, -0.05) is 30.3 Å². The molecule has 1 aliphatic heterocycles. The summed E-state index contributed by atoms with van der Waals surface area (Å²) in [6.45, 7) is 10.4. The lowest BCUT2D eigenvalue weighted by molar-refractivity contribution is -0.418. The molecule has 0 saturated carbocycles. The summed E-state index contributed by atoms with van der Waals surface area (Å²) in [5.41, 5.74) is 1.79. The van der Waals surface area contributed by atoms with E-state index in [0.29, 0.717) is 12.4 Å². The number of nitrogens with zero attached hydrogens (tertiary/aromatic N) is 2. The van der Waals surface area contributed by atoms with Crippen LogP contribution in [-0.2, 0) is 9.47 Å². The van der Waals surface area contributed by atoms with Crippen molar-refractivity contribution in [2.24, 2.45) is 0 Å². The van der Waals surface area contributed by atoms with Gasteiger partial charge in [-0.3, -0.25) is 15.0 Å². The molecule has 0 unspecified atom stereocenters. The summed E-state index contributed by atoms with van der Waals surface area (Å²) in [6, 6.07) is 9.83. The van der Waals surface area contributed by atoms with Gasteiger partial charge in [-0.25, -0.2) is 0 Å². The normalized spacial score (nSPS) is 16.3. The van der Waals surface area contributed by atoms with Crippen LogP contribution in [0.1, 0.15) is 18.9 Å². The molecular weight excluding hydrogens is 332 g/mol. The van der Waals surface area contributed by atoms with Crippen molar-refractivity contribution in [2.45, 2.75) is 13.3 Å². The van der Waals surface area contributed by atoms with E-state index in [0.717, 1.165) is 50.4 Å². The summed E-state index contributed by atoms with van der Waals surface area (Å²) >= 11 is 0.